The van der Waals surface area contributed by atoms with Crippen LogP contribution in [0, 0.1) is 0 Å². The van der Waals surface area contributed by atoms with E-state index in [4.69, 9.17) is 14.6 Å². The maximum absolute atomic E-state index is 10.7. The first-order chi connectivity index (χ1) is 8.08. The number of carboxylic acids is 1. The Kier molecular flexibility index (Phi) is 4.78. The summed E-state index contributed by atoms with van der Waals surface area (Å²) in [5, 5.41) is 11.7. The van der Waals surface area contributed by atoms with Crippen molar-refractivity contribution in [3.63, 3.8) is 0 Å². The number of rotatable bonds is 6. The van der Waals surface area contributed by atoms with Crippen molar-refractivity contribution in [3.05, 3.63) is 23.8 Å². The van der Waals surface area contributed by atoms with Gasteiger partial charge in [-0.25, -0.2) is 0 Å². The Balaban J connectivity index is 2.77. The van der Waals surface area contributed by atoms with Gasteiger partial charge < -0.3 is 19.9 Å². The molecule has 0 radical (unpaired) electrons. The van der Waals surface area contributed by atoms with Gasteiger partial charge >= 0.3 is 5.97 Å². The lowest BCUT2D eigenvalue weighted by Crippen LogP contribution is -2.33. The van der Waals surface area contributed by atoms with Gasteiger partial charge in [-0.15, -0.1) is 0 Å². The van der Waals surface area contributed by atoms with Crippen molar-refractivity contribution < 1.29 is 19.4 Å². The van der Waals surface area contributed by atoms with Crippen molar-refractivity contribution in [2.24, 2.45) is 0 Å². The number of benzene rings is 1. The number of hydrogen-bond donors (Lipinski definition) is 2. The molecular formula is C12H17NO4. The van der Waals surface area contributed by atoms with Crippen molar-refractivity contribution in [1.29, 1.82) is 0 Å². The average Bonchev–Trinajstić information content (AvgIpc) is 2.35. The Morgan fingerprint density at radius 1 is 1.41 bits per heavy atom. The lowest BCUT2D eigenvalue weighted by atomic mass is 10.1. The highest BCUT2D eigenvalue weighted by Gasteiger charge is 2.11. The number of aliphatic carboxylic acids is 1. The van der Waals surface area contributed by atoms with E-state index in [2.05, 4.69) is 5.32 Å². The molecule has 0 aromatic heterocycles. The number of carbonyl (C=O) groups is 1. The third kappa shape index (κ3) is 3.64. The predicted molar refractivity (Wildman–Crippen MR) is 63.5 cm³/mol. The molecule has 17 heavy (non-hydrogen) atoms. The van der Waals surface area contributed by atoms with Gasteiger partial charge in [0, 0.05) is 12.1 Å². The fourth-order valence-corrected chi connectivity index (χ4v) is 1.37. The third-order valence-electron chi connectivity index (χ3n) is 2.46. The molecule has 1 atom stereocenters. The van der Waals surface area contributed by atoms with Crippen molar-refractivity contribution in [2.75, 3.05) is 14.2 Å². The monoisotopic (exact) mass is 239 g/mol. The Morgan fingerprint density at radius 2 is 2.12 bits per heavy atom. The van der Waals surface area contributed by atoms with Crippen LogP contribution in [0.2, 0.25) is 0 Å². The summed E-state index contributed by atoms with van der Waals surface area (Å²) < 4.78 is 10.3. The van der Waals surface area contributed by atoms with E-state index in [1.165, 1.54) is 0 Å². The fraction of sp³-hybridized carbons (Fsp3) is 0.417. The van der Waals surface area contributed by atoms with E-state index in [-0.39, 0.29) is 0 Å². The molecule has 5 nitrogen and oxygen atoms in total. The smallest absolute Gasteiger partial charge is 0.320 e. The Morgan fingerprint density at radius 3 is 2.65 bits per heavy atom. The molecule has 0 bridgehead atoms. The van der Waals surface area contributed by atoms with Gasteiger partial charge in [0.25, 0.3) is 0 Å². The SMILES string of the molecule is COc1ccc(OC)c(CNC(C)C(=O)O)c1. The lowest BCUT2D eigenvalue weighted by Gasteiger charge is -2.13. The lowest BCUT2D eigenvalue weighted by molar-refractivity contribution is -0.139. The zero-order chi connectivity index (χ0) is 12.8. The van der Waals surface area contributed by atoms with Gasteiger partial charge in [-0.2, -0.15) is 0 Å². The van der Waals surface area contributed by atoms with E-state index >= 15 is 0 Å². The van der Waals surface area contributed by atoms with Crippen LogP contribution in [0.4, 0.5) is 0 Å². The first kappa shape index (κ1) is 13.3. The summed E-state index contributed by atoms with van der Waals surface area (Å²) in [4.78, 5) is 10.7. The average molecular weight is 239 g/mol. The van der Waals surface area contributed by atoms with Crippen molar-refractivity contribution >= 4 is 5.97 Å². The molecule has 2 N–H and O–H groups in total. The second-order valence-electron chi connectivity index (χ2n) is 3.62. The molecule has 0 fully saturated rings. The zero-order valence-electron chi connectivity index (χ0n) is 10.2. The van der Waals surface area contributed by atoms with Gasteiger partial charge in [0.05, 0.1) is 14.2 Å². The molecule has 1 unspecified atom stereocenters. The maximum Gasteiger partial charge on any atom is 0.320 e. The highest BCUT2D eigenvalue weighted by molar-refractivity contribution is 5.72. The molecule has 0 aliphatic rings. The van der Waals surface area contributed by atoms with Crippen LogP contribution in [0.1, 0.15) is 12.5 Å². The molecule has 0 aliphatic heterocycles. The van der Waals surface area contributed by atoms with Crippen LogP contribution in [0.15, 0.2) is 18.2 Å². The minimum atomic E-state index is -0.883. The molecule has 5 heteroatoms. The summed E-state index contributed by atoms with van der Waals surface area (Å²) in [5.74, 6) is 0.535. The van der Waals surface area contributed by atoms with E-state index in [9.17, 15) is 4.79 Å². The molecule has 0 aliphatic carbocycles. The van der Waals surface area contributed by atoms with Crippen LogP contribution >= 0.6 is 0 Å². The first-order valence-electron chi connectivity index (χ1n) is 5.25. The van der Waals surface area contributed by atoms with Crippen LogP contribution in [0.3, 0.4) is 0 Å². The van der Waals surface area contributed by atoms with Crippen molar-refractivity contribution in [2.45, 2.75) is 19.5 Å². The second kappa shape index (κ2) is 6.10. The standard InChI is InChI=1S/C12H17NO4/c1-8(12(14)15)13-7-9-6-10(16-2)4-5-11(9)17-3/h4-6,8,13H,7H2,1-3H3,(H,14,15). The van der Waals surface area contributed by atoms with E-state index < -0.39 is 12.0 Å². The van der Waals surface area contributed by atoms with Crippen LogP contribution in [0.25, 0.3) is 0 Å². The molecule has 94 valence electrons. The summed E-state index contributed by atoms with van der Waals surface area (Å²) in [5.41, 5.74) is 0.861. The number of hydrogen-bond acceptors (Lipinski definition) is 4. The van der Waals surface area contributed by atoms with Crippen LogP contribution in [-0.4, -0.2) is 31.3 Å². The van der Waals surface area contributed by atoms with Gasteiger partial charge in [-0.3, -0.25) is 4.79 Å². The van der Waals surface area contributed by atoms with Gasteiger partial charge in [0.2, 0.25) is 0 Å². The Bertz CT molecular complexity index is 392. The summed E-state index contributed by atoms with van der Waals surface area (Å²) >= 11 is 0. The topological polar surface area (TPSA) is 67.8 Å². The van der Waals surface area contributed by atoms with Crippen LogP contribution in [0.5, 0.6) is 11.5 Å². The van der Waals surface area contributed by atoms with E-state index in [0.717, 1.165) is 5.56 Å². The summed E-state index contributed by atoms with van der Waals surface area (Å²) in [6, 6.07) is 4.80. The van der Waals surface area contributed by atoms with Gasteiger partial charge in [-0.1, -0.05) is 0 Å². The first-order valence-corrected chi connectivity index (χ1v) is 5.25. The molecule has 0 saturated carbocycles. The number of nitrogens with one attached hydrogen (secondary N) is 1. The molecule has 1 aromatic carbocycles. The molecule has 1 aromatic rings. The quantitative estimate of drug-likeness (QED) is 0.782. The van der Waals surface area contributed by atoms with Crippen molar-refractivity contribution in [3.8, 4) is 11.5 Å². The predicted octanol–water partition coefficient (Wildman–Crippen LogP) is 1.27. The van der Waals surface area contributed by atoms with Crippen molar-refractivity contribution in [1.82, 2.24) is 5.32 Å². The normalized spacial score (nSPS) is 11.9. The summed E-state index contributed by atoms with van der Waals surface area (Å²) in [6.07, 6.45) is 0. The number of carboxylic acid groups (broad SMARTS) is 1. The van der Waals surface area contributed by atoms with Gasteiger partial charge in [0.1, 0.15) is 17.5 Å². The molecular weight excluding hydrogens is 222 g/mol. The van der Waals surface area contributed by atoms with Gasteiger partial charge in [0.15, 0.2) is 0 Å². The minimum absolute atomic E-state index is 0.411. The van der Waals surface area contributed by atoms with Crippen LogP contribution < -0.4 is 14.8 Å². The van der Waals surface area contributed by atoms with Crippen LogP contribution in [-0.2, 0) is 11.3 Å². The zero-order valence-corrected chi connectivity index (χ0v) is 10.2. The third-order valence-corrected chi connectivity index (χ3v) is 2.46. The fourth-order valence-electron chi connectivity index (χ4n) is 1.37. The highest BCUT2D eigenvalue weighted by Crippen LogP contribution is 2.23. The molecule has 0 heterocycles. The van der Waals surface area contributed by atoms with E-state index in [1.54, 1.807) is 33.3 Å². The highest BCUT2D eigenvalue weighted by atomic mass is 16.5. The Labute approximate surface area is 100 Å². The molecule has 0 saturated heterocycles. The summed E-state index contributed by atoms with van der Waals surface area (Å²) in [6.45, 7) is 2.00. The van der Waals surface area contributed by atoms with E-state index in [0.29, 0.717) is 18.0 Å². The van der Waals surface area contributed by atoms with Gasteiger partial charge in [-0.05, 0) is 25.1 Å². The largest absolute Gasteiger partial charge is 0.497 e. The number of ether oxygens (including phenoxy) is 2. The summed E-state index contributed by atoms with van der Waals surface area (Å²) in [7, 11) is 3.16. The minimum Gasteiger partial charge on any atom is -0.497 e. The van der Waals surface area contributed by atoms with E-state index in [1.807, 2.05) is 6.07 Å². The number of methoxy groups -OCH3 is 2. The second-order valence-corrected chi connectivity index (χ2v) is 3.62. The molecule has 1 rings (SSSR count). The molecule has 0 amide bonds. The Hall–Kier alpha value is -1.75. The maximum atomic E-state index is 10.7. The molecule has 0 spiro atoms.